The average Bonchev–Trinajstić information content (AvgIpc) is 2.88. The Balaban J connectivity index is 1.28. The zero-order valence-electron chi connectivity index (χ0n) is 20.6. The van der Waals surface area contributed by atoms with E-state index in [0.29, 0.717) is 31.3 Å². The maximum absolute atomic E-state index is 13.3. The lowest BCUT2D eigenvalue weighted by molar-refractivity contribution is 0.129. The van der Waals surface area contributed by atoms with E-state index in [-0.39, 0.29) is 18.1 Å². The minimum absolute atomic E-state index is 0.201. The van der Waals surface area contributed by atoms with E-state index in [0.717, 1.165) is 44.0 Å². The van der Waals surface area contributed by atoms with E-state index >= 15 is 0 Å². The Bertz CT molecular complexity index is 1100. The number of carboxylic acid groups (broad SMARTS) is 1. The molecule has 12 heteroatoms. The molecular weight excluding hydrogens is 462 g/mol. The summed E-state index contributed by atoms with van der Waals surface area (Å²) in [5.41, 5.74) is 2.89. The molecular formula is C24H33N9O3. The van der Waals surface area contributed by atoms with Gasteiger partial charge in [0.05, 0.1) is 18.6 Å². The van der Waals surface area contributed by atoms with Crippen molar-refractivity contribution in [3.63, 3.8) is 0 Å². The summed E-state index contributed by atoms with van der Waals surface area (Å²) in [5, 5.41) is 18.2. The number of aromatic nitrogens is 2. The first-order valence-electron chi connectivity index (χ1n) is 12.3. The van der Waals surface area contributed by atoms with E-state index in [2.05, 4.69) is 54.9 Å². The highest BCUT2D eigenvalue weighted by atomic mass is 16.4. The molecule has 5 rings (SSSR count). The van der Waals surface area contributed by atoms with Crippen LogP contribution in [0.5, 0.6) is 0 Å². The van der Waals surface area contributed by atoms with Crippen LogP contribution in [0.3, 0.4) is 0 Å². The average molecular weight is 496 g/mol. The maximum atomic E-state index is 13.3. The smallest absolute Gasteiger partial charge is 0.404 e. The lowest BCUT2D eigenvalue weighted by Gasteiger charge is -2.43. The number of anilines is 4. The number of benzene rings is 1. The Morgan fingerprint density at radius 1 is 1.14 bits per heavy atom. The molecule has 4 heterocycles. The molecule has 3 aliphatic heterocycles. The summed E-state index contributed by atoms with van der Waals surface area (Å²) in [6.07, 6.45) is 1.30. The predicted molar refractivity (Wildman–Crippen MR) is 137 cm³/mol. The van der Waals surface area contributed by atoms with Gasteiger partial charge in [-0.25, -0.2) is 14.6 Å². The molecule has 2 saturated heterocycles. The summed E-state index contributed by atoms with van der Waals surface area (Å²) in [6.45, 7) is 5.67. The van der Waals surface area contributed by atoms with E-state index in [4.69, 9.17) is 0 Å². The predicted octanol–water partition coefficient (Wildman–Crippen LogP) is 1.34. The van der Waals surface area contributed by atoms with E-state index in [1.165, 1.54) is 10.6 Å². The normalized spacial score (nSPS) is 22.8. The van der Waals surface area contributed by atoms with Crippen LogP contribution < -0.4 is 25.8 Å². The summed E-state index contributed by atoms with van der Waals surface area (Å²) >= 11 is 0. The molecule has 1 aromatic heterocycles. The number of urea groups is 1. The van der Waals surface area contributed by atoms with Crippen molar-refractivity contribution in [3.8, 4) is 0 Å². The summed E-state index contributed by atoms with van der Waals surface area (Å²) in [4.78, 5) is 41.6. The second kappa shape index (κ2) is 10.2. The molecule has 2 aromatic rings. The van der Waals surface area contributed by atoms with E-state index < -0.39 is 6.09 Å². The lowest BCUT2D eigenvalue weighted by atomic mass is 9.98. The summed E-state index contributed by atoms with van der Waals surface area (Å²) in [5.74, 6) is 0.973. The van der Waals surface area contributed by atoms with Gasteiger partial charge in [-0.15, -0.1) is 0 Å². The fraction of sp³-hybridized carbons (Fsp3) is 0.500. The molecule has 0 spiro atoms. The van der Waals surface area contributed by atoms with Crippen LogP contribution in [-0.4, -0.2) is 102 Å². The van der Waals surface area contributed by atoms with Gasteiger partial charge < -0.3 is 35.8 Å². The van der Waals surface area contributed by atoms with Crippen molar-refractivity contribution in [1.82, 2.24) is 30.4 Å². The van der Waals surface area contributed by atoms with Crippen LogP contribution in [0.2, 0.25) is 0 Å². The van der Waals surface area contributed by atoms with Gasteiger partial charge in [-0.2, -0.15) is 4.98 Å². The first-order chi connectivity index (χ1) is 17.4. The monoisotopic (exact) mass is 495 g/mol. The minimum atomic E-state index is -1.09. The molecule has 36 heavy (non-hydrogen) atoms. The van der Waals surface area contributed by atoms with Gasteiger partial charge in [0.15, 0.2) is 0 Å². The molecule has 0 radical (unpaired) electrons. The largest absolute Gasteiger partial charge is 0.465 e. The summed E-state index contributed by atoms with van der Waals surface area (Å²) in [6, 6.07) is 7.39. The molecule has 0 bridgehead atoms. The third-order valence-corrected chi connectivity index (χ3v) is 7.18. The SMILES string of the molecule is CN1CCN(c2ccc(Nc3ncc4c(n3)N(C)C(=O)N(C3CCNCC3NC(=O)O)C4)cc2)CC1. The number of piperidine rings is 1. The quantitative estimate of drug-likeness (QED) is 0.486. The number of fused-ring (bicyclic) bond motifs is 1. The van der Waals surface area contributed by atoms with E-state index in [1.54, 1.807) is 18.1 Å². The lowest BCUT2D eigenvalue weighted by Crippen LogP contribution is -2.63. The number of amides is 3. The molecule has 2 atom stereocenters. The molecule has 3 amide bonds. The number of nitrogens with one attached hydrogen (secondary N) is 3. The Kier molecular flexibility index (Phi) is 6.79. The van der Waals surface area contributed by atoms with Crippen molar-refractivity contribution < 1.29 is 14.7 Å². The van der Waals surface area contributed by atoms with Gasteiger partial charge in [-0.05, 0) is 44.3 Å². The fourth-order valence-electron chi connectivity index (χ4n) is 5.13. The van der Waals surface area contributed by atoms with Gasteiger partial charge in [0.25, 0.3) is 0 Å². The van der Waals surface area contributed by atoms with Gasteiger partial charge >= 0.3 is 12.1 Å². The van der Waals surface area contributed by atoms with Gasteiger partial charge in [0.1, 0.15) is 5.82 Å². The second-order valence-corrected chi connectivity index (χ2v) is 9.59. The summed E-state index contributed by atoms with van der Waals surface area (Å²) in [7, 11) is 3.84. The van der Waals surface area contributed by atoms with Crippen LogP contribution in [0.1, 0.15) is 12.0 Å². The minimum Gasteiger partial charge on any atom is -0.465 e. The number of rotatable bonds is 5. The third-order valence-electron chi connectivity index (χ3n) is 7.18. The van der Waals surface area contributed by atoms with Gasteiger partial charge in [0.2, 0.25) is 5.95 Å². The van der Waals surface area contributed by atoms with Crippen molar-refractivity contribution in [2.45, 2.75) is 25.0 Å². The van der Waals surface area contributed by atoms with Gasteiger partial charge in [-0.1, -0.05) is 0 Å². The number of likely N-dealkylation sites (N-methyl/N-ethyl adjacent to an activating group) is 1. The van der Waals surface area contributed by atoms with Crippen LogP contribution >= 0.6 is 0 Å². The number of carbonyl (C=O) groups excluding carboxylic acids is 1. The van der Waals surface area contributed by atoms with Crippen molar-refractivity contribution in [2.24, 2.45) is 0 Å². The first kappa shape index (κ1) is 24.1. The summed E-state index contributed by atoms with van der Waals surface area (Å²) < 4.78 is 0. The molecule has 4 N–H and O–H groups in total. The molecule has 2 fully saturated rings. The zero-order valence-corrected chi connectivity index (χ0v) is 20.6. The molecule has 0 aliphatic carbocycles. The van der Waals surface area contributed by atoms with Crippen LogP contribution in [0.4, 0.5) is 32.7 Å². The highest BCUT2D eigenvalue weighted by Crippen LogP contribution is 2.30. The van der Waals surface area contributed by atoms with Gasteiger partial charge in [-0.3, -0.25) is 4.90 Å². The van der Waals surface area contributed by atoms with E-state index in [1.807, 2.05) is 12.1 Å². The highest BCUT2D eigenvalue weighted by Gasteiger charge is 2.39. The van der Waals surface area contributed by atoms with Crippen molar-refractivity contribution in [3.05, 3.63) is 36.0 Å². The Labute approximate surface area is 210 Å². The molecule has 3 aliphatic rings. The Morgan fingerprint density at radius 3 is 2.61 bits per heavy atom. The molecule has 192 valence electrons. The zero-order chi connectivity index (χ0) is 25.2. The van der Waals surface area contributed by atoms with Crippen LogP contribution in [-0.2, 0) is 6.54 Å². The topological polar surface area (TPSA) is 129 Å². The number of carbonyl (C=O) groups is 2. The fourth-order valence-corrected chi connectivity index (χ4v) is 5.13. The maximum Gasteiger partial charge on any atom is 0.404 e. The van der Waals surface area contributed by atoms with Crippen molar-refractivity contribution >= 4 is 35.3 Å². The first-order valence-corrected chi connectivity index (χ1v) is 12.3. The molecule has 2 unspecified atom stereocenters. The van der Waals surface area contributed by atoms with Crippen molar-refractivity contribution in [1.29, 1.82) is 0 Å². The molecule has 0 saturated carbocycles. The third kappa shape index (κ3) is 5.00. The number of nitrogens with zero attached hydrogens (tertiary/aromatic N) is 6. The number of hydrogen-bond acceptors (Lipinski definition) is 8. The highest BCUT2D eigenvalue weighted by molar-refractivity contribution is 5.93. The van der Waals surface area contributed by atoms with Crippen LogP contribution in [0, 0.1) is 0 Å². The number of piperazine rings is 1. The van der Waals surface area contributed by atoms with Crippen LogP contribution in [0.25, 0.3) is 0 Å². The molecule has 1 aromatic carbocycles. The Morgan fingerprint density at radius 2 is 1.89 bits per heavy atom. The van der Waals surface area contributed by atoms with Crippen molar-refractivity contribution in [2.75, 3.05) is 68.5 Å². The second-order valence-electron chi connectivity index (χ2n) is 9.59. The molecule has 12 nitrogen and oxygen atoms in total. The van der Waals surface area contributed by atoms with Gasteiger partial charge in [0, 0.05) is 62.9 Å². The standard InChI is InChI=1S/C24H33N9O3/c1-30-9-11-32(12-10-30)18-5-3-17(4-6-18)27-22-26-13-16-15-33(24(36)31(2)21(16)29-22)20-7-8-25-14-19(20)28-23(34)35/h3-6,13,19-20,25,28H,7-12,14-15H2,1-2H3,(H,34,35)(H,26,27,29). The number of hydrogen-bond donors (Lipinski definition) is 4. The van der Waals surface area contributed by atoms with Crippen LogP contribution in [0.15, 0.2) is 30.5 Å². The Hall–Kier alpha value is -3.64. The van der Waals surface area contributed by atoms with E-state index in [9.17, 15) is 14.7 Å².